The van der Waals surface area contributed by atoms with Crippen molar-refractivity contribution in [3.63, 3.8) is 0 Å². The van der Waals surface area contributed by atoms with Gasteiger partial charge in [-0.1, -0.05) is 18.2 Å². The lowest BCUT2D eigenvalue weighted by molar-refractivity contribution is 0.0954. The van der Waals surface area contributed by atoms with Crippen molar-refractivity contribution in [3.8, 4) is 0 Å². The summed E-state index contributed by atoms with van der Waals surface area (Å²) < 4.78 is 0. The highest BCUT2D eigenvalue weighted by Gasteiger charge is 2.11. The van der Waals surface area contributed by atoms with E-state index in [4.69, 9.17) is 11.6 Å². The van der Waals surface area contributed by atoms with Crippen LogP contribution in [0.15, 0.2) is 30.3 Å². The van der Waals surface area contributed by atoms with Gasteiger partial charge in [0.05, 0.1) is 14.9 Å². The van der Waals surface area contributed by atoms with Gasteiger partial charge in [-0.15, -0.1) is 11.6 Å². The van der Waals surface area contributed by atoms with Crippen LogP contribution in [0.2, 0.25) is 5.82 Å². The van der Waals surface area contributed by atoms with Gasteiger partial charge < -0.3 is 5.32 Å². The number of rotatable bonds is 7. The fourth-order valence-corrected chi connectivity index (χ4v) is 1.92. The van der Waals surface area contributed by atoms with Gasteiger partial charge in [-0.25, -0.2) is 0 Å². The largest absolute Gasteiger partial charge is 0.352 e. The lowest BCUT2D eigenvalue weighted by Crippen LogP contribution is -2.32. The van der Waals surface area contributed by atoms with Gasteiger partial charge in [0, 0.05) is 32.1 Å². The van der Waals surface area contributed by atoms with Crippen molar-refractivity contribution in [2.75, 3.05) is 12.4 Å². The van der Waals surface area contributed by atoms with E-state index in [-0.39, 0.29) is 5.91 Å². The molecule has 0 spiro atoms. The highest BCUT2D eigenvalue weighted by molar-refractivity contribution is 7.41. The summed E-state index contributed by atoms with van der Waals surface area (Å²) in [6.45, 7) is 0.664. The Morgan fingerprint density at radius 1 is 1.41 bits per heavy atom. The van der Waals surface area contributed by atoms with Gasteiger partial charge in [0.2, 0.25) is 0 Å². The van der Waals surface area contributed by atoms with E-state index in [0.29, 0.717) is 23.8 Å². The first kappa shape index (κ1) is 14.3. The molecule has 1 unspecified atom stereocenters. The summed E-state index contributed by atoms with van der Waals surface area (Å²) in [4.78, 5) is 11.8. The van der Waals surface area contributed by atoms with Crippen molar-refractivity contribution in [1.82, 2.24) is 5.32 Å². The molecule has 0 aliphatic carbocycles. The van der Waals surface area contributed by atoms with Crippen molar-refractivity contribution < 1.29 is 4.79 Å². The Labute approximate surface area is 111 Å². The maximum absolute atomic E-state index is 11.8. The van der Waals surface area contributed by atoms with Crippen molar-refractivity contribution in [2.24, 2.45) is 0 Å². The molecule has 0 saturated heterocycles. The second-order valence-electron chi connectivity index (χ2n) is 4.24. The first-order valence-corrected chi connectivity index (χ1v) is 6.70. The number of amides is 1. The van der Waals surface area contributed by atoms with Crippen molar-refractivity contribution in [2.45, 2.75) is 5.82 Å². The Balaban J connectivity index is 2.36. The molecule has 0 radical (unpaired) electrons. The van der Waals surface area contributed by atoms with Crippen LogP contribution in [0.3, 0.4) is 0 Å². The van der Waals surface area contributed by atoms with Gasteiger partial charge >= 0.3 is 0 Å². The van der Waals surface area contributed by atoms with Gasteiger partial charge in [-0.2, -0.15) is 0 Å². The first-order valence-electron chi connectivity index (χ1n) is 6.17. The topological polar surface area (TPSA) is 29.1 Å². The molecule has 1 N–H and O–H groups in total. The van der Waals surface area contributed by atoms with Gasteiger partial charge in [0.25, 0.3) is 5.91 Å². The summed E-state index contributed by atoms with van der Waals surface area (Å²) in [5.74, 6) is 0.969. The van der Waals surface area contributed by atoms with Crippen LogP contribution < -0.4 is 5.32 Å². The molecule has 1 rings (SSSR count). The van der Waals surface area contributed by atoms with Crippen molar-refractivity contribution in [1.29, 1.82) is 0 Å². The summed E-state index contributed by atoms with van der Waals surface area (Å²) in [6, 6.07) is 9.27. The van der Waals surface area contributed by atoms with E-state index in [2.05, 4.69) is 13.1 Å². The van der Waals surface area contributed by atoms with Gasteiger partial charge in [-0.3, -0.25) is 4.79 Å². The lowest BCUT2D eigenvalue weighted by atomic mass is 9.11. The summed E-state index contributed by atoms with van der Waals surface area (Å²) in [7, 11) is 5.57. The van der Waals surface area contributed by atoms with E-state index in [1.807, 2.05) is 30.3 Å². The second kappa shape index (κ2) is 8.35. The zero-order valence-corrected chi connectivity index (χ0v) is 11.0. The third-order valence-corrected chi connectivity index (χ3v) is 3.21. The fourth-order valence-electron chi connectivity index (χ4n) is 1.66. The molecule has 0 fully saturated rings. The van der Waals surface area contributed by atoms with Crippen LogP contribution in [-0.4, -0.2) is 47.4 Å². The number of nitrogens with one attached hydrogen (secondary N) is 1. The summed E-state index contributed by atoms with van der Waals surface area (Å²) >= 11 is 5.88. The van der Waals surface area contributed by atoms with Gasteiger partial charge in [-0.05, 0) is 17.9 Å². The van der Waals surface area contributed by atoms with E-state index in [1.54, 1.807) is 0 Å². The predicted octanol–water partition coefficient (Wildman–Crippen LogP) is -0.869. The minimum Gasteiger partial charge on any atom is -0.352 e. The SMILES string of the molecule is BBBBC(CCl)CNC(=O)c1ccccc1. The third kappa shape index (κ3) is 5.40. The van der Waals surface area contributed by atoms with Crippen LogP contribution >= 0.6 is 11.6 Å². The smallest absolute Gasteiger partial charge is 0.251 e. The molecule has 0 aliphatic heterocycles. The molecule has 17 heavy (non-hydrogen) atoms. The monoisotopic (exact) mass is 245 g/mol. The predicted molar refractivity (Wildman–Crippen MR) is 83.2 cm³/mol. The zero-order chi connectivity index (χ0) is 12.5. The van der Waals surface area contributed by atoms with E-state index in [0.717, 1.165) is 7.17 Å². The van der Waals surface area contributed by atoms with Crippen molar-refractivity contribution in [3.05, 3.63) is 35.9 Å². The number of hydrogen-bond donors (Lipinski definition) is 1. The average molecular weight is 245 g/mol. The van der Waals surface area contributed by atoms with E-state index in [9.17, 15) is 4.79 Å². The van der Waals surface area contributed by atoms with Crippen LogP contribution in [0.5, 0.6) is 0 Å². The molecule has 0 aliphatic rings. The maximum Gasteiger partial charge on any atom is 0.251 e. The quantitative estimate of drug-likeness (QED) is 0.491. The minimum atomic E-state index is -0.0165. The fraction of sp³-hybridized carbons (Fsp3) is 0.300. The number of halogens is 1. The normalized spacial score (nSPS) is 11.4. The van der Waals surface area contributed by atoms with Crippen LogP contribution in [0.4, 0.5) is 0 Å². The van der Waals surface area contributed by atoms with E-state index >= 15 is 0 Å². The molecule has 0 saturated carbocycles. The number of hydrogen-bond acceptors (Lipinski definition) is 1. The third-order valence-electron chi connectivity index (χ3n) is 2.77. The molecule has 1 aromatic rings. The highest BCUT2D eigenvalue weighted by atomic mass is 35.5. The van der Waals surface area contributed by atoms with Crippen LogP contribution in [0.25, 0.3) is 0 Å². The molecular formula is C10H16B4ClNO. The molecule has 0 bridgehead atoms. The van der Waals surface area contributed by atoms with E-state index < -0.39 is 0 Å². The molecule has 2 nitrogen and oxygen atoms in total. The number of carbonyl (C=O) groups excluding carboxylic acids is 1. The number of benzene rings is 1. The standard InChI is InChI=1S/C10H16B4ClNO/c11-13-14-12-9(6-15)7-16-10(17)8-4-2-1-3-5-8/h1-5,9,12-14H,6-7,11H2,(H,16,17). The minimum absolute atomic E-state index is 0.0165. The molecular weight excluding hydrogens is 229 g/mol. The maximum atomic E-state index is 11.8. The van der Waals surface area contributed by atoms with E-state index in [1.165, 1.54) is 14.1 Å². The van der Waals surface area contributed by atoms with Crippen molar-refractivity contribution >= 4 is 46.5 Å². The zero-order valence-electron chi connectivity index (χ0n) is 10.3. The Hall–Kier alpha value is -0.760. The lowest BCUT2D eigenvalue weighted by Gasteiger charge is -2.13. The molecule has 7 heteroatoms. The molecule has 1 aromatic carbocycles. The summed E-state index contributed by atoms with van der Waals surface area (Å²) in [6.07, 6.45) is 0. The van der Waals surface area contributed by atoms with Crippen LogP contribution in [0, 0.1) is 0 Å². The van der Waals surface area contributed by atoms with Crippen LogP contribution in [0.1, 0.15) is 10.4 Å². The Morgan fingerprint density at radius 2 is 2.12 bits per heavy atom. The average Bonchev–Trinajstić information content (AvgIpc) is 2.39. The number of alkyl halides is 1. The molecule has 0 aromatic heterocycles. The number of carbonyl (C=O) groups is 1. The molecule has 1 atom stereocenters. The Morgan fingerprint density at radius 3 is 2.71 bits per heavy atom. The van der Waals surface area contributed by atoms with Crippen LogP contribution in [-0.2, 0) is 0 Å². The molecule has 0 heterocycles. The molecule has 1 amide bonds. The summed E-state index contributed by atoms with van der Waals surface area (Å²) in [5.41, 5.74) is 0.705. The summed E-state index contributed by atoms with van der Waals surface area (Å²) in [5, 5.41) is 2.94. The Kier molecular flexibility index (Phi) is 7.02. The Bertz CT molecular complexity index is 338. The highest BCUT2D eigenvalue weighted by Crippen LogP contribution is 2.04. The van der Waals surface area contributed by atoms with Gasteiger partial charge in [0.15, 0.2) is 0 Å². The second-order valence-corrected chi connectivity index (χ2v) is 4.55. The first-order chi connectivity index (χ1) is 8.27. The molecule has 86 valence electrons. The van der Waals surface area contributed by atoms with Gasteiger partial charge in [0.1, 0.15) is 0 Å².